The molecular weight excluding hydrogens is 775 g/mol. The number of amides is 6. The van der Waals surface area contributed by atoms with E-state index in [1.165, 1.54) is 11.8 Å². The van der Waals surface area contributed by atoms with Crippen molar-refractivity contribution in [3.05, 3.63) is 35.4 Å². The van der Waals surface area contributed by atoms with E-state index in [0.29, 0.717) is 25.7 Å². The Labute approximate surface area is 352 Å². The molecule has 17 nitrogen and oxygen atoms in total. The highest BCUT2D eigenvalue weighted by atomic mass is 16.4. The summed E-state index contributed by atoms with van der Waals surface area (Å²) in [6.45, 7) is 14.3. The van der Waals surface area contributed by atoms with Crippen molar-refractivity contribution in [3.63, 3.8) is 0 Å². The first-order valence-electron chi connectivity index (χ1n) is 21.1. The number of carboxylic acid groups (broad SMARTS) is 1. The van der Waals surface area contributed by atoms with E-state index in [1.807, 2.05) is 45.0 Å². The van der Waals surface area contributed by atoms with Crippen LogP contribution in [0.4, 0.5) is 0 Å². The van der Waals surface area contributed by atoms with Gasteiger partial charge in [0.25, 0.3) is 0 Å². The minimum Gasteiger partial charge on any atom is -0.481 e. The molecule has 60 heavy (non-hydrogen) atoms. The summed E-state index contributed by atoms with van der Waals surface area (Å²) in [5, 5.41) is 34.0. The lowest BCUT2D eigenvalue weighted by Gasteiger charge is -2.38. The first-order chi connectivity index (χ1) is 28.1. The van der Waals surface area contributed by atoms with Crippen LogP contribution in [0.25, 0.3) is 0 Å². The van der Waals surface area contributed by atoms with Crippen molar-refractivity contribution in [2.45, 2.75) is 161 Å². The second-order valence-corrected chi connectivity index (χ2v) is 18.2. The lowest BCUT2D eigenvalue weighted by atomic mass is 9.89. The number of aliphatic carboxylic acids is 1. The Bertz CT molecular complexity index is 1760. The maximum absolute atomic E-state index is 14.6. The highest BCUT2D eigenvalue weighted by Gasteiger charge is 2.45. The summed E-state index contributed by atoms with van der Waals surface area (Å²) in [6.07, 6.45) is -0.703. The summed E-state index contributed by atoms with van der Waals surface area (Å²) in [5.74, 6) is -7.12. The zero-order valence-corrected chi connectivity index (χ0v) is 36.2. The molecule has 17 heteroatoms. The smallest absolute Gasteiger partial charge is 0.305 e. The number of carboxylic acids is 1. The van der Waals surface area contributed by atoms with Crippen LogP contribution in [-0.2, 0) is 44.8 Å². The number of benzene rings is 1. The van der Waals surface area contributed by atoms with Gasteiger partial charge in [-0.05, 0) is 91.7 Å². The molecule has 0 unspecified atom stereocenters. The normalized spacial score (nSPS) is 28.7. The van der Waals surface area contributed by atoms with E-state index < -0.39 is 108 Å². The summed E-state index contributed by atoms with van der Waals surface area (Å²) in [4.78, 5) is 114. The summed E-state index contributed by atoms with van der Waals surface area (Å²) in [6, 6.07) is -0.879. The Hall–Kier alpha value is -4.90. The minimum absolute atomic E-state index is 0.0973. The van der Waals surface area contributed by atoms with E-state index in [-0.39, 0.29) is 44.1 Å². The standard InChI is InChI=1S/C43H65N7O10/c1-23(2)19-28-21-33(52)31-11-9-18-50(31)42(60)30(20-27-15-13-24(3)14-16-27)46-39(57)32-12-10-17-49(32)36(41(59)48-43(6,7)8)25(4)44-40(58)35(26(5)51)47-38(56)29(22-34(53)54)45-37(28)55/h13-16,23,25-26,28-32,35-36,51H,9-12,17-22H2,1-8H3,(H,44,58)(H,45,55)(H,46,57)(H,47,56)(H,48,59)(H,53,54)/t25-,26-,28-,29+,30+,31-,32+,35+,36+/m1/s1. The Morgan fingerprint density at radius 3 is 2.05 bits per heavy atom. The molecule has 0 spiro atoms. The van der Waals surface area contributed by atoms with Crippen molar-refractivity contribution in [2.75, 3.05) is 13.1 Å². The minimum atomic E-state index is -1.69. The predicted octanol–water partition coefficient (Wildman–Crippen LogP) is 0.726. The Morgan fingerprint density at radius 1 is 0.833 bits per heavy atom. The van der Waals surface area contributed by atoms with Crippen molar-refractivity contribution < 1.29 is 48.6 Å². The summed E-state index contributed by atoms with van der Waals surface area (Å²) < 4.78 is 0. The number of ketones is 1. The van der Waals surface area contributed by atoms with Gasteiger partial charge < -0.3 is 41.7 Å². The molecule has 1 aromatic rings. The third-order valence-corrected chi connectivity index (χ3v) is 11.3. The molecule has 0 aliphatic carbocycles. The molecule has 3 saturated heterocycles. The fourth-order valence-corrected chi connectivity index (χ4v) is 8.46. The van der Waals surface area contributed by atoms with E-state index in [1.54, 1.807) is 32.6 Å². The summed E-state index contributed by atoms with van der Waals surface area (Å²) >= 11 is 0. The van der Waals surface area contributed by atoms with Crippen LogP contribution in [-0.4, -0.2) is 134 Å². The summed E-state index contributed by atoms with van der Waals surface area (Å²) in [5.41, 5.74) is 1.06. The Morgan fingerprint density at radius 2 is 1.45 bits per heavy atom. The number of Topliss-reactive ketones (excluding diaryl/α,β-unsaturated/α-hetero) is 1. The van der Waals surface area contributed by atoms with Gasteiger partial charge in [-0.2, -0.15) is 0 Å². The van der Waals surface area contributed by atoms with Crippen molar-refractivity contribution in [1.29, 1.82) is 0 Å². The molecule has 3 fully saturated rings. The monoisotopic (exact) mass is 839 g/mol. The number of hydrogen-bond donors (Lipinski definition) is 7. The number of aliphatic hydroxyl groups is 1. The first kappa shape index (κ1) is 47.8. The van der Waals surface area contributed by atoms with E-state index in [9.17, 15) is 48.6 Å². The van der Waals surface area contributed by atoms with Crippen molar-refractivity contribution >= 4 is 47.2 Å². The number of hydrogen-bond acceptors (Lipinski definition) is 10. The number of nitrogens with zero attached hydrogens (tertiary/aromatic N) is 2. The zero-order chi connectivity index (χ0) is 44.6. The molecule has 3 aliphatic rings. The second-order valence-electron chi connectivity index (χ2n) is 18.2. The molecule has 3 aliphatic heterocycles. The number of carbonyl (C=O) groups excluding carboxylic acids is 7. The molecule has 1 aromatic carbocycles. The van der Waals surface area contributed by atoms with Gasteiger partial charge in [0, 0.05) is 30.8 Å². The molecule has 3 heterocycles. The SMILES string of the molecule is Cc1ccc(C[C@@H]2NC(=O)[C@@H]3CCCN3[C@H](C(=O)NC(C)(C)C)[C@@H](C)NC(=O)[C@H]([C@@H](C)O)NC(=O)[C@H](CC(=O)O)NC(=O)[C@H](CC(C)C)CC(=O)[C@H]3CCCN3C2=O)cc1. The van der Waals surface area contributed by atoms with Gasteiger partial charge in [0.05, 0.1) is 30.7 Å². The van der Waals surface area contributed by atoms with E-state index >= 15 is 0 Å². The van der Waals surface area contributed by atoms with Crippen LogP contribution in [0, 0.1) is 18.8 Å². The predicted molar refractivity (Wildman–Crippen MR) is 221 cm³/mol. The molecular formula is C43H65N7O10. The average Bonchev–Trinajstić information content (AvgIpc) is 3.83. The van der Waals surface area contributed by atoms with Gasteiger partial charge in [-0.3, -0.25) is 43.3 Å². The highest BCUT2D eigenvalue weighted by Crippen LogP contribution is 2.27. The molecule has 6 amide bonds. The van der Waals surface area contributed by atoms with E-state index in [2.05, 4.69) is 26.6 Å². The highest BCUT2D eigenvalue weighted by molar-refractivity contribution is 5.98. The van der Waals surface area contributed by atoms with Crippen molar-refractivity contribution in [2.24, 2.45) is 11.8 Å². The van der Waals surface area contributed by atoms with Crippen LogP contribution >= 0.6 is 0 Å². The molecule has 0 radical (unpaired) electrons. The average molecular weight is 840 g/mol. The van der Waals surface area contributed by atoms with Crippen LogP contribution in [0.2, 0.25) is 0 Å². The molecule has 4 rings (SSSR count). The fraction of sp³-hybridized carbons (Fsp3) is 0.674. The Kier molecular flexibility index (Phi) is 16.4. The maximum atomic E-state index is 14.6. The van der Waals surface area contributed by atoms with E-state index in [4.69, 9.17) is 0 Å². The summed E-state index contributed by atoms with van der Waals surface area (Å²) in [7, 11) is 0. The van der Waals surface area contributed by atoms with Gasteiger partial charge in [-0.25, -0.2) is 0 Å². The number of carbonyl (C=O) groups is 8. The Balaban J connectivity index is 1.83. The lowest BCUT2D eigenvalue weighted by molar-refractivity contribution is -0.143. The number of fused-ring (bicyclic) bond motifs is 2. The van der Waals surface area contributed by atoms with Crippen LogP contribution in [0.3, 0.4) is 0 Å². The topological polar surface area (TPSA) is 244 Å². The quantitative estimate of drug-likeness (QED) is 0.193. The largest absolute Gasteiger partial charge is 0.481 e. The lowest BCUT2D eigenvalue weighted by Crippen LogP contribution is -2.65. The van der Waals surface area contributed by atoms with Crippen LogP contribution < -0.4 is 26.6 Å². The molecule has 7 N–H and O–H groups in total. The second kappa shape index (κ2) is 20.6. The molecule has 9 atom stereocenters. The fourth-order valence-electron chi connectivity index (χ4n) is 8.46. The molecule has 332 valence electrons. The third kappa shape index (κ3) is 12.8. The van der Waals surface area contributed by atoms with Crippen LogP contribution in [0.15, 0.2) is 24.3 Å². The van der Waals surface area contributed by atoms with Crippen molar-refractivity contribution in [3.8, 4) is 0 Å². The molecule has 0 saturated carbocycles. The van der Waals surface area contributed by atoms with Crippen LogP contribution in [0.1, 0.15) is 105 Å². The van der Waals surface area contributed by atoms with Gasteiger partial charge in [0.2, 0.25) is 35.4 Å². The number of rotatable bonds is 8. The zero-order valence-electron chi connectivity index (χ0n) is 36.2. The number of nitrogens with one attached hydrogen (secondary N) is 5. The van der Waals surface area contributed by atoms with E-state index in [0.717, 1.165) is 11.1 Å². The maximum Gasteiger partial charge on any atom is 0.305 e. The van der Waals surface area contributed by atoms with Crippen molar-refractivity contribution in [1.82, 2.24) is 36.4 Å². The van der Waals surface area contributed by atoms with Gasteiger partial charge in [-0.15, -0.1) is 0 Å². The van der Waals surface area contributed by atoms with Crippen LogP contribution in [0.5, 0.6) is 0 Å². The number of aliphatic hydroxyl groups excluding tert-OH is 1. The molecule has 0 bridgehead atoms. The van der Waals surface area contributed by atoms with Gasteiger partial charge in [0.15, 0.2) is 5.78 Å². The third-order valence-electron chi connectivity index (χ3n) is 11.3. The van der Waals surface area contributed by atoms with Gasteiger partial charge >= 0.3 is 5.97 Å². The van der Waals surface area contributed by atoms with Gasteiger partial charge in [0.1, 0.15) is 24.2 Å². The first-order valence-corrected chi connectivity index (χ1v) is 21.1. The molecule has 0 aromatic heterocycles. The van der Waals surface area contributed by atoms with Gasteiger partial charge in [-0.1, -0.05) is 43.7 Å². The number of aryl methyl sites for hydroxylation is 1.